The first kappa shape index (κ1) is 23.8. The predicted molar refractivity (Wildman–Crippen MR) is 128 cm³/mol. The van der Waals surface area contributed by atoms with Crippen molar-refractivity contribution in [3.63, 3.8) is 0 Å². The number of hydrogen-bond donors (Lipinski definition) is 0. The molecule has 174 valence electrons. The van der Waals surface area contributed by atoms with Gasteiger partial charge in [0.25, 0.3) is 0 Å². The Hall–Kier alpha value is -2.36. The lowest BCUT2D eigenvalue weighted by Gasteiger charge is -2.33. The van der Waals surface area contributed by atoms with Crippen LogP contribution < -0.4 is 0 Å². The van der Waals surface area contributed by atoms with Crippen LogP contribution in [-0.4, -0.2) is 30.5 Å². The van der Waals surface area contributed by atoms with Gasteiger partial charge in [0.05, 0.1) is 22.1 Å². The molecule has 2 aromatic rings. The maximum absolute atomic E-state index is 13.9. The summed E-state index contributed by atoms with van der Waals surface area (Å²) in [5.74, 6) is -0.734. The minimum atomic E-state index is -3.62. The van der Waals surface area contributed by atoms with Gasteiger partial charge < -0.3 is 4.90 Å². The number of aryl methyl sites for hydroxylation is 1. The standard InChI is InChI=1S/C26H29ClN2O3S/c1-18-5-13-23(14-6-18)33(31,32)25-4-2-3-24(25)26(30)29(22-12-9-20(15-22)16-28)17-19-7-10-21(27)11-8-19/h5-8,10-11,13-14,20,22,24-25H,2-4,9,12,15,17H2,1H3/t20-,22+,24-,25-/m1/s1. The van der Waals surface area contributed by atoms with E-state index < -0.39 is 21.0 Å². The Labute approximate surface area is 201 Å². The fourth-order valence-corrected chi connectivity index (χ4v) is 7.38. The largest absolute Gasteiger partial charge is 0.335 e. The molecule has 2 aromatic carbocycles. The van der Waals surface area contributed by atoms with Crippen molar-refractivity contribution in [1.29, 1.82) is 5.26 Å². The van der Waals surface area contributed by atoms with Gasteiger partial charge in [-0.15, -0.1) is 0 Å². The molecule has 33 heavy (non-hydrogen) atoms. The number of nitrogens with zero attached hydrogens (tertiary/aromatic N) is 2. The van der Waals surface area contributed by atoms with Gasteiger partial charge in [0, 0.05) is 23.5 Å². The first-order valence-corrected chi connectivity index (χ1v) is 13.5. The smallest absolute Gasteiger partial charge is 0.227 e. The van der Waals surface area contributed by atoms with Gasteiger partial charge in [0.1, 0.15) is 0 Å². The van der Waals surface area contributed by atoms with E-state index in [1.165, 1.54) is 0 Å². The monoisotopic (exact) mass is 484 g/mol. The van der Waals surface area contributed by atoms with Crippen LogP contribution >= 0.6 is 11.6 Å². The molecule has 2 aliphatic carbocycles. The third-order valence-corrected chi connectivity index (χ3v) is 9.64. The number of hydrogen-bond acceptors (Lipinski definition) is 4. The molecule has 2 fully saturated rings. The average Bonchev–Trinajstić information content (AvgIpc) is 3.49. The molecule has 0 bridgehead atoms. The molecule has 1 amide bonds. The lowest BCUT2D eigenvalue weighted by molar-refractivity contribution is -0.138. The minimum absolute atomic E-state index is 0.0545. The van der Waals surface area contributed by atoms with E-state index in [0.29, 0.717) is 37.3 Å². The molecule has 0 heterocycles. The van der Waals surface area contributed by atoms with Crippen molar-refractivity contribution in [3.05, 3.63) is 64.7 Å². The molecule has 4 atom stereocenters. The van der Waals surface area contributed by atoms with E-state index in [-0.39, 0.29) is 22.8 Å². The molecule has 2 aliphatic rings. The molecular weight excluding hydrogens is 456 g/mol. The third kappa shape index (κ3) is 5.10. The highest BCUT2D eigenvalue weighted by atomic mass is 35.5. The second kappa shape index (κ2) is 9.87. The van der Waals surface area contributed by atoms with Crippen LogP contribution in [0.15, 0.2) is 53.4 Å². The molecular formula is C26H29ClN2O3S. The SMILES string of the molecule is Cc1ccc(S(=O)(=O)[C@@H]2CCC[C@H]2C(=O)N(Cc2ccc(Cl)cc2)[C@H]2CC[C@@H](C#N)C2)cc1. The van der Waals surface area contributed by atoms with Gasteiger partial charge in [0.15, 0.2) is 9.84 Å². The zero-order valence-corrected chi connectivity index (χ0v) is 20.4. The van der Waals surface area contributed by atoms with Crippen molar-refractivity contribution in [1.82, 2.24) is 4.90 Å². The highest BCUT2D eigenvalue weighted by Gasteiger charge is 2.45. The maximum Gasteiger partial charge on any atom is 0.227 e. The quantitative estimate of drug-likeness (QED) is 0.556. The summed E-state index contributed by atoms with van der Waals surface area (Å²) >= 11 is 6.03. The molecule has 0 aromatic heterocycles. The van der Waals surface area contributed by atoms with E-state index in [2.05, 4.69) is 6.07 Å². The molecule has 7 heteroatoms. The van der Waals surface area contributed by atoms with Gasteiger partial charge in [-0.3, -0.25) is 4.79 Å². The van der Waals surface area contributed by atoms with Gasteiger partial charge in [-0.1, -0.05) is 47.9 Å². The zero-order chi connectivity index (χ0) is 23.6. The van der Waals surface area contributed by atoms with Crippen molar-refractivity contribution in [2.75, 3.05) is 0 Å². The van der Waals surface area contributed by atoms with Crippen LogP contribution in [0.4, 0.5) is 0 Å². The Morgan fingerprint density at radius 3 is 2.39 bits per heavy atom. The summed E-state index contributed by atoms with van der Waals surface area (Å²) in [5.41, 5.74) is 1.94. The van der Waals surface area contributed by atoms with Crippen LogP contribution in [0.1, 0.15) is 49.7 Å². The average molecular weight is 485 g/mol. The first-order chi connectivity index (χ1) is 15.8. The summed E-state index contributed by atoms with van der Waals surface area (Å²) in [7, 11) is -3.62. The van der Waals surface area contributed by atoms with E-state index >= 15 is 0 Å². The van der Waals surface area contributed by atoms with Crippen LogP contribution in [0.5, 0.6) is 0 Å². The molecule has 5 nitrogen and oxygen atoms in total. The second-order valence-electron chi connectivity index (χ2n) is 9.32. The Kier molecular flexibility index (Phi) is 7.11. The van der Waals surface area contributed by atoms with E-state index in [0.717, 1.165) is 24.0 Å². The molecule has 0 unspecified atom stereocenters. The Balaban J connectivity index is 1.62. The fourth-order valence-electron chi connectivity index (χ4n) is 5.23. The number of benzene rings is 2. The summed E-state index contributed by atoms with van der Waals surface area (Å²) < 4.78 is 26.9. The third-order valence-electron chi connectivity index (χ3n) is 7.10. The molecule has 4 rings (SSSR count). The van der Waals surface area contributed by atoms with Gasteiger partial charge in [0.2, 0.25) is 5.91 Å². The van der Waals surface area contributed by atoms with Gasteiger partial charge in [-0.25, -0.2) is 8.42 Å². The van der Waals surface area contributed by atoms with E-state index in [9.17, 15) is 18.5 Å². The fraction of sp³-hybridized carbons (Fsp3) is 0.462. The van der Waals surface area contributed by atoms with Crippen molar-refractivity contribution in [2.24, 2.45) is 11.8 Å². The van der Waals surface area contributed by atoms with E-state index in [4.69, 9.17) is 11.6 Å². The Bertz CT molecular complexity index is 1140. The molecule has 0 spiro atoms. The summed E-state index contributed by atoms with van der Waals surface area (Å²) in [5, 5.41) is 9.30. The van der Waals surface area contributed by atoms with Crippen molar-refractivity contribution in [2.45, 2.75) is 68.2 Å². The molecule has 0 N–H and O–H groups in total. The highest BCUT2D eigenvalue weighted by Crippen LogP contribution is 2.38. The lowest BCUT2D eigenvalue weighted by Crippen LogP contribution is -2.45. The number of rotatable bonds is 6. The number of sulfone groups is 1. The number of nitriles is 1. The Morgan fingerprint density at radius 1 is 1.06 bits per heavy atom. The molecule has 2 saturated carbocycles. The summed E-state index contributed by atoms with van der Waals surface area (Å²) in [6.07, 6.45) is 3.94. The van der Waals surface area contributed by atoms with Gasteiger partial charge in [-0.2, -0.15) is 5.26 Å². The van der Waals surface area contributed by atoms with Crippen LogP contribution in [0, 0.1) is 30.1 Å². The van der Waals surface area contributed by atoms with Gasteiger partial charge >= 0.3 is 0 Å². The lowest BCUT2D eigenvalue weighted by atomic mass is 10.0. The van der Waals surface area contributed by atoms with E-state index in [1.54, 1.807) is 36.4 Å². The number of carbonyl (C=O) groups excluding carboxylic acids is 1. The normalized spacial score (nSPS) is 25.0. The van der Waals surface area contributed by atoms with Crippen LogP contribution in [-0.2, 0) is 21.2 Å². The first-order valence-electron chi connectivity index (χ1n) is 11.5. The molecule has 0 aliphatic heterocycles. The minimum Gasteiger partial charge on any atom is -0.335 e. The maximum atomic E-state index is 13.9. The van der Waals surface area contributed by atoms with Gasteiger partial charge in [-0.05, 0) is 68.9 Å². The Morgan fingerprint density at radius 2 is 1.76 bits per heavy atom. The van der Waals surface area contributed by atoms with Crippen LogP contribution in [0.3, 0.4) is 0 Å². The molecule has 0 radical (unpaired) electrons. The summed E-state index contributed by atoms with van der Waals surface area (Å²) in [4.78, 5) is 16.0. The van der Waals surface area contributed by atoms with Crippen LogP contribution in [0.25, 0.3) is 0 Å². The van der Waals surface area contributed by atoms with Crippen molar-refractivity contribution < 1.29 is 13.2 Å². The number of amides is 1. The number of halogens is 1. The van der Waals surface area contributed by atoms with Crippen LogP contribution in [0.2, 0.25) is 5.02 Å². The summed E-state index contributed by atoms with van der Waals surface area (Å²) in [6.45, 7) is 2.32. The number of carbonyl (C=O) groups is 1. The topological polar surface area (TPSA) is 78.2 Å². The zero-order valence-electron chi connectivity index (χ0n) is 18.8. The molecule has 0 saturated heterocycles. The summed E-state index contributed by atoms with van der Waals surface area (Å²) in [6, 6.07) is 16.6. The van der Waals surface area contributed by atoms with Crippen molar-refractivity contribution in [3.8, 4) is 6.07 Å². The van der Waals surface area contributed by atoms with Crippen molar-refractivity contribution >= 4 is 27.3 Å². The van der Waals surface area contributed by atoms with E-state index in [1.807, 2.05) is 24.0 Å². The highest BCUT2D eigenvalue weighted by molar-refractivity contribution is 7.92. The predicted octanol–water partition coefficient (Wildman–Crippen LogP) is 5.31. The second-order valence-corrected chi connectivity index (χ2v) is 11.9.